The third-order valence-corrected chi connectivity index (χ3v) is 4.78. The molecule has 2 aromatic carbocycles. The van der Waals surface area contributed by atoms with Crippen LogP contribution in [0.15, 0.2) is 52.3 Å². The van der Waals surface area contributed by atoms with E-state index in [4.69, 9.17) is 27.9 Å². The van der Waals surface area contributed by atoms with Crippen molar-refractivity contribution in [1.29, 1.82) is 0 Å². The highest BCUT2D eigenvalue weighted by atomic mass is 35.5. The van der Waals surface area contributed by atoms with Crippen LogP contribution in [0.5, 0.6) is 0 Å². The van der Waals surface area contributed by atoms with Gasteiger partial charge in [0.1, 0.15) is 0 Å². The number of nitrogens with one attached hydrogen (secondary N) is 1. The van der Waals surface area contributed by atoms with E-state index in [0.29, 0.717) is 27.1 Å². The van der Waals surface area contributed by atoms with Crippen LogP contribution < -0.4 is 5.56 Å². The molecular formula is C20H16Cl2N4O5. The Bertz CT molecular complexity index is 1230. The number of ether oxygens (including phenoxy) is 1. The number of nitro benzene ring substituents is 1. The molecule has 160 valence electrons. The fourth-order valence-corrected chi connectivity index (χ4v) is 3.47. The normalized spacial score (nSPS) is 11.4. The standard InChI is InChI=1S/C20H16Cl2N4O5/c1-11(23-14-8-12(21)7-13(22)9-14)19-17(10-18(27)31-2)24-25(20(19)28)15-3-5-16(6-4-15)26(29)30/h3-9,24H,10H2,1-2H3. The fourth-order valence-electron chi connectivity index (χ4n) is 2.96. The summed E-state index contributed by atoms with van der Waals surface area (Å²) in [6, 6.07) is 10.1. The molecule has 3 rings (SSSR count). The molecule has 0 fully saturated rings. The Morgan fingerprint density at radius 3 is 2.35 bits per heavy atom. The first-order chi connectivity index (χ1) is 14.7. The molecule has 1 N–H and O–H groups in total. The predicted molar refractivity (Wildman–Crippen MR) is 117 cm³/mol. The van der Waals surface area contributed by atoms with Crippen LogP contribution in [0.2, 0.25) is 10.0 Å². The minimum atomic E-state index is -0.558. The Kier molecular flexibility index (Phi) is 6.57. The van der Waals surface area contributed by atoms with E-state index in [1.807, 2.05) is 0 Å². The number of hydrogen-bond acceptors (Lipinski definition) is 6. The fraction of sp³-hybridized carbons (Fsp3) is 0.150. The van der Waals surface area contributed by atoms with E-state index < -0.39 is 16.5 Å². The van der Waals surface area contributed by atoms with Gasteiger partial charge in [0.2, 0.25) is 0 Å². The number of carbonyl (C=O) groups excluding carboxylic acids is 1. The van der Waals surface area contributed by atoms with Crippen molar-refractivity contribution in [3.63, 3.8) is 0 Å². The molecule has 0 saturated heterocycles. The number of rotatable bonds is 6. The molecule has 1 heterocycles. The Morgan fingerprint density at radius 2 is 1.81 bits per heavy atom. The van der Waals surface area contributed by atoms with Crippen LogP contribution in [-0.4, -0.2) is 33.5 Å². The Hall–Kier alpha value is -3.43. The maximum Gasteiger partial charge on any atom is 0.311 e. The van der Waals surface area contributed by atoms with E-state index in [0.717, 1.165) is 0 Å². The lowest BCUT2D eigenvalue weighted by atomic mass is 10.1. The molecule has 0 bridgehead atoms. The number of methoxy groups -OCH3 is 1. The summed E-state index contributed by atoms with van der Waals surface area (Å²) in [4.78, 5) is 39.8. The van der Waals surface area contributed by atoms with Crippen LogP contribution in [0.4, 0.5) is 11.4 Å². The summed E-state index contributed by atoms with van der Waals surface area (Å²) in [7, 11) is 1.24. The van der Waals surface area contributed by atoms with Crippen molar-refractivity contribution in [2.75, 3.05) is 7.11 Å². The second kappa shape index (κ2) is 9.15. The lowest BCUT2D eigenvalue weighted by molar-refractivity contribution is -0.384. The van der Waals surface area contributed by atoms with E-state index in [9.17, 15) is 19.7 Å². The molecule has 0 aliphatic carbocycles. The SMILES string of the molecule is COC(=O)Cc1[nH]n(-c2ccc([N+](=O)[O-])cc2)c(=O)c1C(C)=Nc1cc(Cl)cc(Cl)c1. The van der Waals surface area contributed by atoms with E-state index >= 15 is 0 Å². The smallest absolute Gasteiger partial charge is 0.311 e. The Morgan fingerprint density at radius 1 is 1.19 bits per heavy atom. The van der Waals surface area contributed by atoms with Gasteiger partial charge in [0.05, 0.1) is 46.8 Å². The van der Waals surface area contributed by atoms with Crippen molar-refractivity contribution in [1.82, 2.24) is 9.78 Å². The highest BCUT2D eigenvalue weighted by Gasteiger charge is 2.21. The van der Waals surface area contributed by atoms with Gasteiger partial charge in [-0.2, -0.15) is 0 Å². The zero-order chi connectivity index (χ0) is 22.7. The number of hydrogen-bond donors (Lipinski definition) is 1. The monoisotopic (exact) mass is 462 g/mol. The number of nitro groups is 1. The van der Waals surface area contributed by atoms with Gasteiger partial charge in [-0.25, -0.2) is 4.68 Å². The molecule has 1 aromatic heterocycles. The van der Waals surface area contributed by atoms with Gasteiger partial charge in [-0.15, -0.1) is 0 Å². The number of esters is 1. The minimum absolute atomic E-state index is 0.117. The molecule has 0 amide bonds. The summed E-state index contributed by atoms with van der Waals surface area (Å²) in [5, 5.41) is 14.5. The van der Waals surface area contributed by atoms with Crippen molar-refractivity contribution >= 4 is 46.3 Å². The third-order valence-electron chi connectivity index (χ3n) is 4.34. The van der Waals surface area contributed by atoms with Crippen LogP contribution in [0.25, 0.3) is 5.69 Å². The molecule has 0 atom stereocenters. The lowest BCUT2D eigenvalue weighted by Gasteiger charge is -2.03. The number of benzene rings is 2. The predicted octanol–water partition coefficient (Wildman–Crippen LogP) is 4.24. The first-order valence-corrected chi connectivity index (χ1v) is 9.62. The topological polar surface area (TPSA) is 120 Å². The van der Waals surface area contributed by atoms with Gasteiger partial charge in [-0.1, -0.05) is 23.2 Å². The minimum Gasteiger partial charge on any atom is -0.469 e. The van der Waals surface area contributed by atoms with Crippen LogP contribution in [0, 0.1) is 10.1 Å². The quantitative estimate of drug-likeness (QED) is 0.254. The number of aromatic amines is 1. The molecular weight excluding hydrogens is 447 g/mol. The van der Waals surface area contributed by atoms with Gasteiger partial charge in [0.25, 0.3) is 11.2 Å². The molecule has 0 saturated carbocycles. The van der Waals surface area contributed by atoms with E-state index in [1.54, 1.807) is 25.1 Å². The summed E-state index contributed by atoms with van der Waals surface area (Å²) in [6.45, 7) is 1.61. The van der Waals surface area contributed by atoms with Crippen LogP contribution >= 0.6 is 23.2 Å². The Balaban J connectivity index is 2.13. The van der Waals surface area contributed by atoms with E-state index in [2.05, 4.69) is 10.1 Å². The van der Waals surface area contributed by atoms with Crippen LogP contribution in [-0.2, 0) is 16.0 Å². The van der Waals surface area contributed by atoms with Crippen molar-refractivity contribution in [3.8, 4) is 5.69 Å². The number of aromatic nitrogens is 2. The lowest BCUT2D eigenvalue weighted by Crippen LogP contribution is -2.20. The maximum absolute atomic E-state index is 13.2. The van der Waals surface area contributed by atoms with E-state index in [1.165, 1.54) is 36.1 Å². The second-order valence-electron chi connectivity index (χ2n) is 6.46. The molecule has 31 heavy (non-hydrogen) atoms. The first-order valence-electron chi connectivity index (χ1n) is 8.87. The molecule has 0 aliphatic heterocycles. The highest BCUT2D eigenvalue weighted by Crippen LogP contribution is 2.25. The molecule has 11 heteroatoms. The van der Waals surface area contributed by atoms with Gasteiger partial charge in [-0.05, 0) is 37.3 Å². The number of H-pyrrole nitrogens is 1. The summed E-state index contributed by atoms with van der Waals surface area (Å²) in [5.41, 5.74) is 0.952. The largest absolute Gasteiger partial charge is 0.469 e. The molecule has 0 spiro atoms. The van der Waals surface area contributed by atoms with Crippen molar-refractivity contribution in [2.45, 2.75) is 13.3 Å². The number of non-ortho nitro benzene ring substituents is 1. The number of carbonyl (C=O) groups is 1. The van der Waals surface area contributed by atoms with Crippen molar-refractivity contribution in [3.05, 3.63) is 84.2 Å². The van der Waals surface area contributed by atoms with Gasteiger partial charge in [0, 0.05) is 22.2 Å². The maximum atomic E-state index is 13.2. The summed E-state index contributed by atoms with van der Waals surface area (Å²) >= 11 is 12.0. The summed E-state index contributed by atoms with van der Waals surface area (Å²) < 4.78 is 5.90. The number of halogens is 2. The zero-order valence-electron chi connectivity index (χ0n) is 16.4. The summed E-state index contributed by atoms with van der Waals surface area (Å²) in [6.07, 6.45) is -0.204. The highest BCUT2D eigenvalue weighted by molar-refractivity contribution is 6.35. The number of nitrogens with zero attached hydrogens (tertiary/aromatic N) is 3. The number of aliphatic imine (C=N–C) groups is 1. The van der Waals surface area contributed by atoms with E-state index in [-0.39, 0.29) is 23.4 Å². The third kappa shape index (κ3) is 5.01. The average molecular weight is 463 g/mol. The van der Waals surface area contributed by atoms with Gasteiger partial charge < -0.3 is 4.74 Å². The van der Waals surface area contributed by atoms with Crippen LogP contribution in [0.3, 0.4) is 0 Å². The molecule has 0 unspecified atom stereocenters. The van der Waals surface area contributed by atoms with Crippen molar-refractivity contribution in [2.24, 2.45) is 4.99 Å². The molecule has 3 aromatic rings. The molecule has 0 radical (unpaired) electrons. The van der Waals surface area contributed by atoms with Crippen molar-refractivity contribution < 1.29 is 14.5 Å². The van der Waals surface area contributed by atoms with Gasteiger partial charge in [0.15, 0.2) is 0 Å². The van der Waals surface area contributed by atoms with Gasteiger partial charge in [-0.3, -0.25) is 29.8 Å². The average Bonchev–Trinajstić information content (AvgIpc) is 3.02. The molecule has 0 aliphatic rings. The zero-order valence-corrected chi connectivity index (χ0v) is 17.9. The van der Waals surface area contributed by atoms with Crippen LogP contribution in [0.1, 0.15) is 18.2 Å². The first kappa shape index (κ1) is 22.3. The van der Waals surface area contributed by atoms with Gasteiger partial charge >= 0.3 is 5.97 Å². The Labute approximate surface area is 186 Å². The molecule has 9 nitrogen and oxygen atoms in total. The second-order valence-corrected chi connectivity index (χ2v) is 7.33. The summed E-state index contributed by atoms with van der Waals surface area (Å²) in [5.74, 6) is -0.558.